The lowest BCUT2D eigenvalue weighted by Crippen LogP contribution is -2.11. The molecule has 0 bridgehead atoms. The van der Waals surface area contributed by atoms with E-state index in [1.165, 1.54) is 24.0 Å². The van der Waals surface area contributed by atoms with Crippen molar-refractivity contribution < 1.29 is 13.5 Å². The standard InChI is InChI=1S/C31H24ClFN4O2S/c32-26-14-23(9-11-27(26)38-18-21-7-4-8-22(33)13-21)37-30-25-15-29(40-31(25)36-19-35-30)28-12-10-24(39-28)17-34-16-20-5-2-1-3-6-20/h1-15,19,34H,16-18H2,(H,35,36,37). The van der Waals surface area contributed by atoms with Crippen molar-refractivity contribution in [3.63, 3.8) is 0 Å². The molecule has 200 valence electrons. The van der Waals surface area contributed by atoms with Gasteiger partial charge in [0, 0.05) is 12.2 Å². The van der Waals surface area contributed by atoms with Gasteiger partial charge in [-0.25, -0.2) is 14.4 Å². The van der Waals surface area contributed by atoms with Crippen LogP contribution in [0.2, 0.25) is 5.02 Å². The number of rotatable bonds is 10. The summed E-state index contributed by atoms with van der Waals surface area (Å²) in [5, 5.41) is 8.06. The van der Waals surface area contributed by atoms with Crippen LogP contribution in [0.4, 0.5) is 15.9 Å². The Morgan fingerprint density at radius 3 is 2.60 bits per heavy atom. The summed E-state index contributed by atoms with van der Waals surface area (Å²) in [7, 11) is 0. The van der Waals surface area contributed by atoms with Gasteiger partial charge in [0.2, 0.25) is 0 Å². The molecule has 6 rings (SSSR count). The number of thiophene rings is 1. The Balaban J connectivity index is 1.13. The zero-order valence-electron chi connectivity index (χ0n) is 21.2. The Morgan fingerprint density at radius 1 is 0.875 bits per heavy atom. The van der Waals surface area contributed by atoms with Gasteiger partial charge >= 0.3 is 0 Å². The molecule has 0 fully saturated rings. The first-order valence-corrected chi connectivity index (χ1v) is 13.8. The van der Waals surface area contributed by atoms with Crippen LogP contribution in [0.1, 0.15) is 16.9 Å². The largest absolute Gasteiger partial charge is 0.487 e. The van der Waals surface area contributed by atoms with Gasteiger partial charge < -0.3 is 19.8 Å². The van der Waals surface area contributed by atoms with Gasteiger partial charge in [-0.15, -0.1) is 11.3 Å². The molecular formula is C31H24ClFN4O2S. The second-order valence-corrected chi connectivity index (χ2v) is 10.5. The quantitative estimate of drug-likeness (QED) is 0.172. The predicted molar refractivity (Wildman–Crippen MR) is 158 cm³/mol. The van der Waals surface area contributed by atoms with Gasteiger partial charge in [0.15, 0.2) is 0 Å². The third kappa shape index (κ3) is 6.15. The smallest absolute Gasteiger partial charge is 0.144 e. The van der Waals surface area contributed by atoms with E-state index >= 15 is 0 Å². The average molecular weight is 571 g/mol. The molecule has 0 amide bonds. The molecule has 6 aromatic rings. The molecule has 3 aromatic heterocycles. The molecular weight excluding hydrogens is 547 g/mol. The van der Waals surface area contributed by atoms with Crippen LogP contribution in [0, 0.1) is 5.82 Å². The van der Waals surface area contributed by atoms with Gasteiger partial charge in [0.25, 0.3) is 0 Å². The van der Waals surface area contributed by atoms with Crippen LogP contribution >= 0.6 is 22.9 Å². The van der Waals surface area contributed by atoms with Gasteiger partial charge in [-0.1, -0.05) is 54.1 Å². The van der Waals surface area contributed by atoms with Crippen molar-refractivity contribution in [2.45, 2.75) is 19.7 Å². The van der Waals surface area contributed by atoms with E-state index in [4.69, 9.17) is 20.8 Å². The predicted octanol–water partition coefficient (Wildman–Crippen LogP) is 8.36. The maximum Gasteiger partial charge on any atom is 0.144 e. The Hall–Kier alpha value is -4.24. The molecule has 6 nitrogen and oxygen atoms in total. The second kappa shape index (κ2) is 11.9. The normalized spacial score (nSPS) is 11.2. The van der Waals surface area contributed by atoms with E-state index < -0.39 is 0 Å². The number of ether oxygens (including phenoxy) is 1. The van der Waals surface area contributed by atoms with Crippen LogP contribution in [0.3, 0.4) is 0 Å². The molecule has 0 saturated carbocycles. The first-order valence-electron chi connectivity index (χ1n) is 12.6. The zero-order valence-corrected chi connectivity index (χ0v) is 22.8. The number of nitrogens with zero attached hydrogens (tertiary/aromatic N) is 2. The Bertz CT molecular complexity index is 1760. The van der Waals surface area contributed by atoms with Gasteiger partial charge in [-0.3, -0.25) is 0 Å². The topological polar surface area (TPSA) is 72.2 Å². The van der Waals surface area contributed by atoms with Crippen molar-refractivity contribution in [1.82, 2.24) is 15.3 Å². The van der Waals surface area contributed by atoms with Crippen LogP contribution in [-0.2, 0) is 19.7 Å². The Kier molecular flexibility index (Phi) is 7.72. The van der Waals surface area contributed by atoms with Crippen molar-refractivity contribution >= 4 is 44.7 Å². The van der Waals surface area contributed by atoms with Gasteiger partial charge in [0.1, 0.15) is 46.7 Å². The zero-order chi connectivity index (χ0) is 27.3. The number of aromatic nitrogens is 2. The van der Waals surface area contributed by atoms with Crippen LogP contribution in [0.5, 0.6) is 5.75 Å². The van der Waals surface area contributed by atoms with Crippen LogP contribution in [0.15, 0.2) is 102 Å². The van der Waals surface area contributed by atoms with Crippen LogP contribution in [-0.4, -0.2) is 9.97 Å². The summed E-state index contributed by atoms with van der Waals surface area (Å²) in [6, 6.07) is 27.9. The summed E-state index contributed by atoms with van der Waals surface area (Å²) in [5.74, 6) is 2.51. The van der Waals surface area contributed by atoms with E-state index in [0.29, 0.717) is 23.1 Å². The lowest BCUT2D eigenvalue weighted by atomic mass is 10.2. The highest BCUT2D eigenvalue weighted by molar-refractivity contribution is 7.21. The molecule has 0 unspecified atom stereocenters. The molecule has 2 N–H and O–H groups in total. The number of hydrogen-bond acceptors (Lipinski definition) is 7. The summed E-state index contributed by atoms with van der Waals surface area (Å²) in [6.07, 6.45) is 1.53. The fraction of sp³-hybridized carbons (Fsp3) is 0.0968. The molecule has 0 aliphatic rings. The first kappa shape index (κ1) is 26.0. The number of fused-ring (bicyclic) bond motifs is 1. The molecule has 0 spiro atoms. The number of benzene rings is 3. The number of hydrogen-bond donors (Lipinski definition) is 2. The fourth-order valence-corrected chi connectivity index (χ4v) is 5.42. The molecule has 3 heterocycles. The molecule has 3 aromatic carbocycles. The summed E-state index contributed by atoms with van der Waals surface area (Å²) in [4.78, 5) is 10.7. The van der Waals surface area contributed by atoms with Gasteiger partial charge in [-0.05, 0) is 59.7 Å². The maximum absolute atomic E-state index is 13.4. The minimum atomic E-state index is -0.303. The number of anilines is 2. The highest BCUT2D eigenvalue weighted by Crippen LogP contribution is 2.37. The van der Waals surface area contributed by atoms with Gasteiger partial charge in [0.05, 0.1) is 21.8 Å². The highest BCUT2D eigenvalue weighted by atomic mass is 35.5. The first-order chi connectivity index (χ1) is 19.6. The summed E-state index contributed by atoms with van der Waals surface area (Å²) < 4.78 is 25.3. The molecule has 0 aliphatic carbocycles. The molecule has 0 atom stereocenters. The van der Waals surface area contributed by atoms with Crippen molar-refractivity contribution in [2.24, 2.45) is 0 Å². The minimum absolute atomic E-state index is 0.214. The van der Waals surface area contributed by atoms with Crippen molar-refractivity contribution in [3.05, 3.63) is 125 Å². The average Bonchev–Trinajstić information content (AvgIpc) is 3.61. The molecule has 0 aliphatic heterocycles. The van der Waals surface area contributed by atoms with E-state index in [2.05, 4.69) is 32.7 Å². The van der Waals surface area contributed by atoms with Crippen LogP contribution < -0.4 is 15.4 Å². The van der Waals surface area contributed by atoms with Gasteiger partial charge in [-0.2, -0.15) is 0 Å². The van der Waals surface area contributed by atoms with E-state index in [1.54, 1.807) is 35.6 Å². The number of halogens is 2. The summed E-state index contributed by atoms with van der Waals surface area (Å²) in [5.41, 5.74) is 2.70. The lowest BCUT2D eigenvalue weighted by molar-refractivity contribution is 0.306. The lowest BCUT2D eigenvalue weighted by Gasteiger charge is -2.11. The SMILES string of the molecule is Fc1cccc(COc2ccc(Nc3ncnc4sc(-c5ccc(CNCc6ccccc6)o5)cc34)cc2Cl)c1. The number of nitrogens with one attached hydrogen (secondary N) is 2. The highest BCUT2D eigenvalue weighted by Gasteiger charge is 2.14. The van der Waals surface area contributed by atoms with E-state index in [1.807, 2.05) is 42.5 Å². The molecule has 0 saturated heterocycles. The van der Waals surface area contributed by atoms with Crippen molar-refractivity contribution in [2.75, 3.05) is 5.32 Å². The summed E-state index contributed by atoms with van der Waals surface area (Å²) in [6.45, 7) is 1.62. The maximum atomic E-state index is 13.4. The van der Waals surface area contributed by atoms with Crippen molar-refractivity contribution in [1.29, 1.82) is 0 Å². The van der Waals surface area contributed by atoms with E-state index in [9.17, 15) is 4.39 Å². The third-order valence-electron chi connectivity index (χ3n) is 6.18. The third-order valence-corrected chi connectivity index (χ3v) is 7.54. The molecule has 0 radical (unpaired) electrons. The van der Waals surface area contributed by atoms with Crippen molar-refractivity contribution in [3.8, 4) is 16.4 Å². The number of furan rings is 1. The monoisotopic (exact) mass is 570 g/mol. The molecule has 40 heavy (non-hydrogen) atoms. The summed E-state index contributed by atoms with van der Waals surface area (Å²) >= 11 is 8.02. The second-order valence-electron chi connectivity index (χ2n) is 9.10. The molecule has 9 heteroatoms. The van der Waals surface area contributed by atoms with E-state index in [-0.39, 0.29) is 12.4 Å². The van der Waals surface area contributed by atoms with E-state index in [0.717, 1.165) is 44.4 Å². The Morgan fingerprint density at radius 2 is 1.75 bits per heavy atom. The fourth-order valence-electron chi connectivity index (χ4n) is 4.23. The minimum Gasteiger partial charge on any atom is -0.487 e. The Labute approximate surface area is 239 Å². The van der Waals surface area contributed by atoms with Crippen LogP contribution in [0.25, 0.3) is 20.9 Å².